The van der Waals surface area contributed by atoms with E-state index in [1.54, 1.807) is 6.92 Å². The number of hydrogen-bond acceptors (Lipinski definition) is 2. The van der Waals surface area contributed by atoms with Crippen molar-refractivity contribution < 1.29 is 9.59 Å². The highest BCUT2D eigenvalue weighted by atomic mass is 16.1. The van der Waals surface area contributed by atoms with E-state index >= 15 is 0 Å². The summed E-state index contributed by atoms with van der Waals surface area (Å²) in [5, 5.41) is 0. The molecule has 0 aromatic heterocycles. The van der Waals surface area contributed by atoms with Crippen LogP contribution in [0.3, 0.4) is 0 Å². The molecule has 0 heterocycles. The molecule has 0 amide bonds. The van der Waals surface area contributed by atoms with Crippen molar-refractivity contribution in [2.24, 2.45) is 11.8 Å². The number of allylic oxidation sites excluding steroid dienone is 2. The Morgan fingerprint density at radius 1 is 1.45 bits per heavy atom. The summed E-state index contributed by atoms with van der Waals surface area (Å²) in [5.74, 6) is 0.308. The third kappa shape index (κ3) is 2.00. The van der Waals surface area contributed by atoms with Crippen LogP contribution in [0.5, 0.6) is 0 Å². The molecule has 0 aromatic rings. The molecule has 0 spiro atoms. The van der Waals surface area contributed by atoms with E-state index < -0.39 is 0 Å². The second kappa shape index (κ2) is 3.46. The Morgan fingerprint density at radius 3 is 2.55 bits per heavy atom. The van der Waals surface area contributed by atoms with Crippen LogP contribution in [0.4, 0.5) is 0 Å². The highest BCUT2D eigenvalue weighted by Crippen LogP contribution is 2.21. The van der Waals surface area contributed by atoms with Crippen molar-refractivity contribution in [1.29, 1.82) is 0 Å². The van der Waals surface area contributed by atoms with E-state index in [0.717, 1.165) is 19.1 Å². The van der Waals surface area contributed by atoms with E-state index in [1.165, 1.54) is 0 Å². The van der Waals surface area contributed by atoms with Crippen LogP contribution in [0.1, 0.15) is 19.8 Å². The predicted molar refractivity (Wildman–Crippen MR) is 42.1 cm³/mol. The van der Waals surface area contributed by atoms with Crippen LogP contribution in [-0.4, -0.2) is 12.1 Å². The van der Waals surface area contributed by atoms with Crippen molar-refractivity contribution in [3.05, 3.63) is 12.2 Å². The highest BCUT2D eigenvalue weighted by Gasteiger charge is 2.17. The number of carbonyl (C=O) groups excluding carboxylic acids is 2. The zero-order valence-electron chi connectivity index (χ0n) is 6.62. The largest absolute Gasteiger partial charge is 0.303 e. The Labute approximate surface area is 66.3 Å². The molecule has 0 N–H and O–H groups in total. The minimum Gasteiger partial charge on any atom is -0.303 e. The van der Waals surface area contributed by atoms with E-state index in [0.29, 0.717) is 0 Å². The maximum Gasteiger partial charge on any atom is 0.136 e. The molecular weight excluding hydrogens is 140 g/mol. The lowest BCUT2D eigenvalue weighted by atomic mass is 9.87. The summed E-state index contributed by atoms with van der Waals surface area (Å²) in [7, 11) is 0. The molecular formula is C9H12O2. The highest BCUT2D eigenvalue weighted by molar-refractivity contribution is 5.80. The summed E-state index contributed by atoms with van der Waals surface area (Å²) in [6, 6.07) is 0. The molecule has 0 fully saturated rings. The van der Waals surface area contributed by atoms with Gasteiger partial charge in [-0.1, -0.05) is 12.2 Å². The van der Waals surface area contributed by atoms with Crippen LogP contribution in [-0.2, 0) is 9.59 Å². The van der Waals surface area contributed by atoms with Gasteiger partial charge in [0.05, 0.1) is 0 Å². The van der Waals surface area contributed by atoms with Crippen molar-refractivity contribution in [2.45, 2.75) is 19.8 Å². The van der Waals surface area contributed by atoms with E-state index in [1.807, 2.05) is 12.2 Å². The fourth-order valence-corrected chi connectivity index (χ4v) is 1.29. The average Bonchev–Trinajstić information content (AvgIpc) is 2.05. The molecule has 0 radical (unpaired) electrons. The first-order valence-corrected chi connectivity index (χ1v) is 3.88. The number of Topliss-reactive ketones (excluding diaryl/α,β-unsaturated/α-hetero) is 1. The first-order valence-electron chi connectivity index (χ1n) is 3.88. The lowest BCUT2D eigenvalue weighted by molar-refractivity contribution is -0.120. The van der Waals surface area contributed by atoms with Crippen LogP contribution >= 0.6 is 0 Å². The molecule has 0 aromatic carbocycles. The fraction of sp³-hybridized carbons (Fsp3) is 0.556. The summed E-state index contributed by atoms with van der Waals surface area (Å²) in [5.41, 5.74) is 0. The molecule has 1 aliphatic carbocycles. The second-order valence-corrected chi connectivity index (χ2v) is 2.98. The van der Waals surface area contributed by atoms with Crippen molar-refractivity contribution in [2.75, 3.05) is 0 Å². The molecule has 0 saturated carbocycles. The van der Waals surface area contributed by atoms with E-state index in [9.17, 15) is 9.59 Å². The molecule has 2 atom stereocenters. The van der Waals surface area contributed by atoms with Gasteiger partial charge in [-0.05, 0) is 19.8 Å². The van der Waals surface area contributed by atoms with Crippen LogP contribution in [0.25, 0.3) is 0 Å². The van der Waals surface area contributed by atoms with Gasteiger partial charge in [0, 0.05) is 11.8 Å². The minimum absolute atomic E-state index is 0.0469. The van der Waals surface area contributed by atoms with Gasteiger partial charge in [0.1, 0.15) is 12.1 Å². The van der Waals surface area contributed by atoms with Gasteiger partial charge in [0.2, 0.25) is 0 Å². The minimum atomic E-state index is 0.0469. The van der Waals surface area contributed by atoms with Crippen LogP contribution in [0.15, 0.2) is 12.2 Å². The third-order valence-electron chi connectivity index (χ3n) is 2.10. The molecule has 1 aliphatic rings. The number of aldehydes is 1. The third-order valence-corrected chi connectivity index (χ3v) is 2.10. The SMILES string of the molecule is CC(=O)C1C=CC(C=O)CC1. The summed E-state index contributed by atoms with van der Waals surface area (Å²) in [4.78, 5) is 21.2. The van der Waals surface area contributed by atoms with Gasteiger partial charge in [-0.3, -0.25) is 4.79 Å². The molecule has 0 aliphatic heterocycles. The van der Waals surface area contributed by atoms with Gasteiger partial charge in [-0.15, -0.1) is 0 Å². The molecule has 2 nitrogen and oxygen atoms in total. The van der Waals surface area contributed by atoms with Crippen molar-refractivity contribution in [3.8, 4) is 0 Å². The number of hydrogen-bond donors (Lipinski definition) is 0. The number of rotatable bonds is 2. The van der Waals surface area contributed by atoms with Gasteiger partial charge < -0.3 is 4.79 Å². The topological polar surface area (TPSA) is 34.1 Å². The second-order valence-electron chi connectivity index (χ2n) is 2.98. The fourth-order valence-electron chi connectivity index (χ4n) is 1.29. The van der Waals surface area contributed by atoms with Crippen molar-refractivity contribution in [3.63, 3.8) is 0 Å². The monoisotopic (exact) mass is 152 g/mol. The summed E-state index contributed by atoms with van der Waals surface area (Å²) in [6.45, 7) is 1.59. The van der Waals surface area contributed by atoms with Crippen molar-refractivity contribution >= 4 is 12.1 Å². The zero-order chi connectivity index (χ0) is 8.27. The zero-order valence-corrected chi connectivity index (χ0v) is 6.62. The van der Waals surface area contributed by atoms with Crippen LogP contribution < -0.4 is 0 Å². The molecule has 0 bridgehead atoms. The Balaban J connectivity index is 2.55. The molecule has 11 heavy (non-hydrogen) atoms. The first kappa shape index (κ1) is 8.18. The lowest BCUT2D eigenvalue weighted by Gasteiger charge is -2.16. The van der Waals surface area contributed by atoms with E-state index in [4.69, 9.17) is 0 Å². The van der Waals surface area contributed by atoms with Gasteiger partial charge in [-0.2, -0.15) is 0 Å². The van der Waals surface area contributed by atoms with Gasteiger partial charge in [-0.25, -0.2) is 0 Å². The first-order chi connectivity index (χ1) is 5.24. The number of carbonyl (C=O) groups is 2. The van der Waals surface area contributed by atoms with Crippen LogP contribution in [0, 0.1) is 11.8 Å². The lowest BCUT2D eigenvalue weighted by Crippen LogP contribution is -2.15. The Hall–Kier alpha value is -0.920. The smallest absolute Gasteiger partial charge is 0.136 e. The van der Waals surface area contributed by atoms with Gasteiger partial charge in [0.15, 0.2) is 0 Å². The molecule has 1 rings (SSSR count). The van der Waals surface area contributed by atoms with Crippen LogP contribution in [0.2, 0.25) is 0 Å². The Bertz CT molecular complexity index is 194. The number of ketones is 1. The maximum atomic E-state index is 10.9. The maximum absolute atomic E-state index is 10.9. The summed E-state index contributed by atoms with van der Waals surface area (Å²) in [6.07, 6.45) is 6.28. The Morgan fingerprint density at radius 2 is 2.18 bits per heavy atom. The van der Waals surface area contributed by atoms with E-state index in [2.05, 4.69) is 0 Å². The molecule has 2 heteroatoms. The molecule has 0 saturated heterocycles. The molecule has 2 unspecified atom stereocenters. The predicted octanol–water partition coefficient (Wildman–Crippen LogP) is 1.36. The Kier molecular flexibility index (Phi) is 2.58. The molecule has 60 valence electrons. The van der Waals surface area contributed by atoms with E-state index in [-0.39, 0.29) is 17.6 Å². The average molecular weight is 152 g/mol. The van der Waals surface area contributed by atoms with Crippen molar-refractivity contribution in [1.82, 2.24) is 0 Å². The quantitative estimate of drug-likeness (QED) is 0.442. The normalized spacial score (nSPS) is 29.9. The standard InChI is InChI=1S/C9H12O2/c1-7(11)9-4-2-8(6-10)3-5-9/h2,4,6,8-9H,3,5H2,1H3. The summed E-state index contributed by atoms with van der Waals surface area (Å²) < 4.78 is 0. The summed E-state index contributed by atoms with van der Waals surface area (Å²) >= 11 is 0. The van der Waals surface area contributed by atoms with Gasteiger partial charge >= 0.3 is 0 Å². The van der Waals surface area contributed by atoms with Gasteiger partial charge in [0.25, 0.3) is 0 Å².